The summed E-state index contributed by atoms with van der Waals surface area (Å²) in [5, 5.41) is 1.88. The number of rotatable bonds is 7. The van der Waals surface area contributed by atoms with Crippen molar-refractivity contribution in [1.29, 1.82) is 0 Å². The molecule has 0 atom stereocenters. The van der Waals surface area contributed by atoms with Crippen LogP contribution in [0, 0.1) is 0 Å². The molecule has 4 aromatic rings. The number of fused-ring (bicyclic) bond motifs is 1. The second-order valence-corrected chi connectivity index (χ2v) is 8.37. The Morgan fingerprint density at radius 1 is 0.767 bits per heavy atom. The Hall–Kier alpha value is -3.44. The van der Waals surface area contributed by atoms with Crippen molar-refractivity contribution in [2.75, 3.05) is 6.54 Å². The van der Waals surface area contributed by atoms with Crippen LogP contribution in [0.15, 0.2) is 107 Å². The van der Waals surface area contributed by atoms with Crippen molar-refractivity contribution in [3.63, 3.8) is 0 Å². The van der Waals surface area contributed by atoms with Crippen LogP contribution in [-0.2, 0) is 16.5 Å². The van der Waals surface area contributed by atoms with Gasteiger partial charge < -0.3 is 4.18 Å². The first-order chi connectivity index (χ1) is 14.6. The van der Waals surface area contributed by atoms with Gasteiger partial charge in [0.1, 0.15) is 4.90 Å². The van der Waals surface area contributed by atoms with Crippen LogP contribution in [0.25, 0.3) is 10.8 Å². The third-order valence-electron chi connectivity index (χ3n) is 4.75. The van der Waals surface area contributed by atoms with Gasteiger partial charge in [0.25, 0.3) is 0 Å². The van der Waals surface area contributed by atoms with Gasteiger partial charge in [0.15, 0.2) is 5.75 Å². The first-order valence-corrected chi connectivity index (χ1v) is 11.1. The molecule has 5 heteroatoms. The summed E-state index contributed by atoms with van der Waals surface area (Å²) < 4.78 is 31.0. The highest BCUT2D eigenvalue weighted by Gasteiger charge is 2.18. The van der Waals surface area contributed by atoms with E-state index in [1.54, 1.807) is 30.5 Å². The number of hydrogen-bond donors (Lipinski definition) is 0. The SMILES string of the molecule is O=S(=O)(Oc1ccc2ccccc2c1C=NCCc1ccccc1)c1ccccc1. The summed E-state index contributed by atoms with van der Waals surface area (Å²) in [6.07, 6.45) is 2.52. The molecular weight excluding hydrogens is 394 g/mol. The van der Waals surface area contributed by atoms with E-state index >= 15 is 0 Å². The molecule has 4 rings (SSSR count). The summed E-state index contributed by atoms with van der Waals surface area (Å²) in [5.74, 6) is 0.265. The maximum absolute atomic E-state index is 12.7. The predicted molar refractivity (Wildman–Crippen MR) is 121 cm³/mol. The van der Waals surface area contributed by atoms with E-state index in [4.69, 9.17) is 4.18 Å². The topological polar surface area (TPSA) is 55.7 Å². The van der Waals surface area contributed by atoms with Crippen molar-refractivity contribution >= 4 is 27.1 Å². The average molecular weight is 416 g/mol. The third kappa shape index (κ3) is 4.58. The largest absolute Gasteiger partial charge is 0.378 e. The van der Waals surface area contributed by atoms with Crippen molar-refractivity contribution in [3.8, 4) is 5.75 Å². The molecule has 0 heterocycles. The Balaban J connectivity index is 1.65. The van der Waals surface area contributed by atoms with Crippen LogP contribution >= 0.6 is 0 Å². The van der Waals surface area contributed by atoms with Gasteiger partial charge in [-0.3, -0.25) is 4.99 Å². The van der Waals surface area contributed by atoms with Gasteiger partial charge in [0.2, 0.25) is 0 Å². The van der Waals surface area contributed by atoms with E-state index in [0.29, 0.717) is 12.1 Å². The first-order valence-electron chi connectivity index (χ1n) is 9.68. The Bertz CT molecular complexity index is 1270. The summed E-state index contributed by atoms with van der Waals surface area (Å²) in [7, 11) is -3.94. The van der Waals surface area contributed by atoms with Gasteiger partial charge >= 0.3 is 10.1 Å². The van der Waals surface area contributed by atoms with Crippen molar-refractivity contribution in [3.05, 3.63) is 108 Å². The Kier molecular flexibility index (Phi) is 5.91. The smallest absolute Gasteiger partial charge is 0.339 e. The molecule has 0 spiro atoms. The minimum absolute atomic E-state index is 0.116. The van der Waals surface area contributed by atoms with E-state index in [2.05, 4.69) is 17.1 Å². The first kappa shape index (κ1) is 19.9. The minimum atomic E-state index is -3.94. The van der Waals surface area contributed by atoms with Gasteiger partial charge in [0.05, 0.1) is 0 Å². The molecule has 0 saturated heterocycles. The van der Waals surface area contributed by atoms with Gasteiger partial charge in [-0.15, -0.1) is 0 Å². The van der Waals surface area contributed by atoms with E-state index in [1.807, 2.05) is 48.5 Å². The van der Waals surface area contributed by atoms with Crippen LogP contribution in [0.3, 0.4) is 0 Å². The monoisotopic (exact) mass is 415 g/mol. The van der Waals surface area contributed by atoms with Gasteiger partial charge in [-0.1, -0.05) is 78.9 Å². The lowest BCUT2D eigenvalue weighted by Crippen LogP contribution is -2.11. The van der Waals surface area contributed by atoms with Crippen molar-refractivity contribution in [2.45, 2.75) is 11.3 Å². The van der Waals surface area contributed by atoms with Crippen LogP contribution in [0.5, 0.6) is 5.75 Å². The lowest BCUT2D eigenvalue weighted by molar-refractivity contribution is 0.486. The van der Waals surface area contributed by atoms with Crippen molar-refractivity contribution in [2.24, 2.45) is 4.99 Å². The third-order valence-corrected chi connectivity index (χ3v) is 6.00. The quantitative estimate of drug-likeness (QED) is 0.305. The fraction of sp³-hybridized carbons (Fsp3) is 0.0800. The standard InChI is InChI=1S/C25H21NO3S/c27-30(28,22-12-5-2-6-13-22)29-25-16-15-21-11-7-8-14-23(21)24(25)19-26-18-17-20-9-3-1-4-10-20/h1-16,19H,17-18H2. The Morgan fingerprint density at radius 2 is 1.43 bits per heavy atom. The highest BCUT2D eigenvalue weighted by molar-refractivity contribution is 7.87. The molecule has 0 aliphatic heterocycles. The maximum atomic E-state index is 12.7. The fourth-order valence-corrected chi connectivity index (χ4v) is 4.20. The molecule has 4 nitrogen and oxygen atoms in total. The van der Waals surface area contributed by atoms with Gasteiger partial charge in [-0.25, -0.2) is 0 Å². The van der Waals surface area contributed by atoms with E-state index in [9.17, 15) is 8.42 Å². The van der Waals surface area contributed by atoms with Gasteiger partial charge in [-0.05, 0) is 41.0 Å². The summed E-state index contributed by atoms with van der Waals surface area (Å²) >= 11 is 0. The van der Waals surface area contributed by atoms with Crippen LogP contribution in [0.2, 0.25) is 0 Å². The molecule has 0 unspecified atom stereocenters. The Labute approximate surface area is 176 Å². The Morgan fingerprint density at radius 3 is 2.20 bits per heavy atom. The van der Waals surface area contributed by atoms with Crippen LogP contribution in [-0.4, -0.2) is 21.2 Å². The lowest BCUT2D eigenvalue weighted by Gasteiger charge is -2.12. The van der Waals surface area contributed by atoms with Crippen molar-refractivity contribution in [1.82, 2.24) is 0 Å². The van der Waals surface area contributed by atoms with E-state index in [1.165, 1.54) is 17.7 Å². The molecule has 0 aromatic heterocycles. The van der Waals surface area contributed by atoms with Crippen LogP contribution in [0.1, 0.15) is 11.1 Å². The molecule has 0 fully saturated rings. The normalized spacial score (nSPS) is 11.7. The summed E-state index contributed by atoms with van der Waals surface area (Å²) in [6, 6.07) is 29.6. The molecule has 0 radical (unpaired) electrons. The average Bonchev–Trinajstić information content (AvgIpc) is 2.79. The molecule has 30 heavy (non-hydrogen) atoms. The summed E-state index contributed by atoms with van der Waals surface area (Å²) in [6.45, 7) is 0.595. The lowest BCUT2D eigenvalue weighted by atomic mass is 10.0. The zero-order valence-corrected chi connectivity index (χ0v) is 17.1. The van der Waals surface area contributed by atoms with Gasteiger partial charge in [-0.2, -0.15) is 8.42 Å². The van der Waals surface area contributed by atoms with E-state index in [0.717, 1.165) is 17.2 Å². The molecule has 0 amide bonds. The maximum Gasteiger partial charge on any atom is 0.339 e. The highest BCUT2D eigenvalue weighted by atomic mass is 32.2. The van der Waals surface area contributed by atoms with Crippen molar-refractivity contribution < 1.29 is 12.6 Å². The zero-order chi connectivity index (χ0) is 20.8. The van der Waals surface area contributed by atoms with Crippen LogP contribution in [0.4, 0.5) is 0 Å². The number of hydrogen-bond acceptors (Lipinski definition) is 4. The number of nitrogens with zero attached hydrogens (tertiary/aromatic N) is 1. The fourth-order valence-electron chi connectivity index (χ4n) is 3.23. The predicted octanol–water partition coefficient (Wildman–Crippen LogP) is 5.27. The minimum Gasteiger partial charge on any atom is -0.378 e. The van der Waals surface area contributed by atoms with E-state index in [-0.39, 0.29) is 10.6 Å². The van der Waals surface area contributed by atoms with Gasteiger partial charge in [0, 0.05) is 18.3 Å². The second kappa shape index (κ2) is 8.93. The molecule has 0 aliphatic rings. The molecule has 0 N–H and O–H groups in total. The number of aliphatic imine (C=N–C) groups is 1. The van der Waals surface area contributed by atoms with E-state index < -0.39 is 10.1 Å². The molecule has 0 bridgehead atoms. The zero-order valence-electron chi connectivity index (χ0n) is 16.3. The molecular formula is C25H21NO3S. The molecule has 150 valence electrons. The highest BCUT2D eigenvalue weighted by Crippen LogP contribution is 2.29. The summed E-state index contributed by atoms with van der Waals surface area (Å²) in [5.41, 5.74) is 1.86. The molecule has 0 aliphatic carbocycles. The summed E-state index contributed by atoms with van der Waals surface area (Å²) in [4.78, 5) is 4.67. The van der Waals surface area contributed by atoms with Crippen LogP contribution < -0.4 is 4.18 Å². The molecule has 4 aromatic carbocycles. The molecule has 0 saturated carbocycles. The number of benzene rings is 4. The second-order valence-electron chi connectivity index (χ2n) is 6.82.